The van der Waals surface area contributed by atoms with Gasteiger partial charge >= 0.3 is 0 Å². The molecule has 0 spiro atoms. The zero-order valence-electron chi connectivity index (χ0n) is 11.4. The first-order valence-corrected chi connectivity index (χ1v) is 7.85. The van der Waals surface area contributed by atoms with Gasteiger partial charge in [-0.25, -0.2) is 4.39 Å². The van der Waals surface area contributed by atoms with Gasteiger partial charge in [0, 0.05) is 10.5 Å². The minimum atomic E-state index is -0.198. The van der Waals surface area contributed by atoms with E-state index in [1.54, 1.807) is 12.1 Å². The molecule has 1 aliphatic heterocycles. The van der Waals surface area contributed by atoms with Gasteiger partial charge in [0.25, 0.3) is 0 Å². The summed E-state index contributed by atoms with van der Waals surface area (Å²) in [6, 6.07) is 5.31. The Hall–Kier alpha value is -0.450. The molecular weight excluding hydrogens is 307 g/mol. The molecule has 2 N–H and O–H groups in total. The van der Waals surface area contributed by atoms with E-state index in [1.165, 1.54) is 18.4 Å². The second-order valence-corrected chi connectivity index (χ2v) is 6.09. The van der Waals surface area contributed by atoms with Crippen LogP contribution in [0.4, 0.5) is 4.39 Å². The number of nitrogens with zero attached hydrogens (tertiary/aromatic N) is 1. The van der Waals surface area contributed by atoms with Crippen LogP contribution in [0.15, 0.2) is 22.7 Å². The second kappa shape index (κ2) is 6.82. The normalized spacial score (nSPS) is 25.3. The largest absolute Gasteiger partial charge is 0.330 e. The van der Waals surface area contributed by atoms with Gasteiger partial charge in [-0.15, -0.1) is 0 Å². The highest BCUT2D eigenvalue weighted by Crippen LogP contribution is 2.37. The van der Waals surface area contributed by atoms with Gasteiger partial charge in [0.1, 0.15) is 5.82 Å². The molecule has 2 unspecified atom stereocenters. The van der Waals surface area contributed by atoms with E-state index in [4.69, 9.17) is 5.73 Å². The van der Waals surface area contributed by atoms with Gasteiger partial charge in [-0.2, -0.15) is 0 Å². The molecule has 19 heavy (non-hydrogen) atoms. The molecular formula is C15H22BrFN2. The summed E-state index contributed by atoms with van der Waals surface area (Å²) < 4.78 is 14.1. The lowest BCUT2D eigenvalue weighted by atomic mass is 9.89. The number of hydrogen-bond donors (Lipinski definition) is 1. The van der Waals surface area contributed by atoms with E-state index in [9.17, 15) is 4.39 Å². The summed E-state index contributed by atoms with van der Waals surface area (Å²) in [7, 11) is 0. The van der Waals surface area contributed by atoms with E-state index in [2.05, 4.69) is 27.8 Å². The average molecular weight is 329 g/mol. The molecule has 1 heterocycles. The van der Waals surface area contributed by atoms with Crippen LogP contribution in [0, 0.1) is 11.7 Å². The smallest absolute Gasteiger partial charge is 0.124 e. The molecule has 1 aliphatic rings. The van der Waals surface area contributed by atoms with Crippen LogP contribution in [0.1, 0.15) is 37.8 Å². The molecule has 0 aromatic heterocycles. The first-order chi connectivity index (χ1) is 9.17. The van der Waals surface area contributed by atoms with Gasteiger partial charge in [-0.05, 0) is 56.1 Å². The maximum Gasteiger partial charge on any atom is 0.124 e. The lowest BCUT2D eigenvalue weighted by molar-refractivity contribution is 0.166. The zero-order valence-corrected chi connectivity index (χ0v) is 13.0. The number of likely N-dealkylation sites (tertiary alicyclic amines) is 1. The van der Waals surface area contributed by atoms with Crippen molar-refractivity contribution >= 4 is 15.9 Å². The molecule has 4 heteroatoms. The molecule has 1 aromatic carbocycles. The quantitative estimate of drug-likeness (QED) is 0.916. The zero-order chi connectivity index (χ0) is 13.8. The Morgan fingerprint density at radius 3 is 2.84 bits per heavy atom. The van der Waals surface area contributed by atoms with Crippen LogP contribution in [-0.4, -0.2) is 24.5 Å². The van der Waals surface area contributed by atoms with Crippen molar-refractivity contribution in [3.63, 3.8) is 0 Å². The van der Waals surface area contributed by atoms with E-state index >= 15 is 0 Å². The molecule has 0 amide bonds. The number of benzene rings is 1. The number of halogens is 2. The van der Waals surface area contributed by atoms with Crippen LogP contribution in [0.2, 0.25) is 0 Å². The maximum atomic E-state index is 13.3. The van der Waals surface area contributed by atoms with Gasteiger partial charge in [0.05, 0.1) is 0 Å². The minimum absolute atomic E-state index is 0.198. The monoisotopic (exact) mass is 328 g/mol. The summed E-state index contributed by atoms with van der Waals surface area (Å²) in [6.07, 6.45) is 3.61. The summed E-state index contributed by atoms with van der Waals surface area (Å²) >= 11 is 3.51. The van der Waals surface area contributed by atoms with Gasteiger partial charge < -0.3 is 5.73 Å². The Balaban J connectivity index is 2.39. The first kappa shape index (κ1) is 14.9. The van der Waals surface area contributed by atoms with Crippen LogP contribution in [0.25, 0.3) is 0 Å². The standard InChI is InChI=1S/C15H22BrFN2/c1-2-19-8-4-3-5-11(10-18)15(19)13-7-6-12(17)9-14(13)16/h6-7,9,11,15H,2-5,8,10,18H2,1H3. The highest BCUT2D eigenvalue weighted by atomic mass is 79.9. The van der Waals surface area contributed by atoms with Crippen molar-refractivity contribution in [1.29, 1.82) is 0 Å². The molecule has 0 aliphatic carbocycles. The van der Waals surface area contributed by atoms with Crippen molar-refractivity contribution < 1.29 is 4.39 Å². The third kappa shape index (κ3) is 3.36. The van der Waals surface area contributed by atoms with Crippen LogP contribution in [0.3, 0.4) is 0 Å². The third-order valence-corrected chi connectivity index (χ3v) is 4.79. The Morgan fingerprint density at radius 1 is 1.42 bits per heavy atom. The van der Waals surface area contributed by atoms with E-state index in [1.807, 2.05) is 6.07 Å². The molecule has 0 radical (unpaired) electrons. The van der Waals surface area contributed by atoms with Gasteiger partial charge in [-0.1, -0.05) is 35.3 Å². The van der Waals surface area contributed by atoms with Gasteiger partial charge in [0.2, 0.25) is 0 Å². The topological polar surface area (TPSA) is 29.3 Å². The fourth-order valence-corrected chi connectivity index (χ4v) is 3.70. The Labute approximate surface area is 123 Å². The average Bonchev–Trinajstić information content (AvgIpc) is 2.60. The van der Waals surface area contributed by atoms with Crippen LogP contribution >= 0.6 is 15.9 Å². The third-order valence-electron chi connectivity index (χ3n) is 4.10. The van der Waals surface area contributed by atoms with Crippen molar-refractivity contribution in [2.24, 2.45) is 11.7 Å². The lowest BCUT2D eigenvalue weighted by Crippen LogP contribution is -2.35. The van der Waals surface area contributed by atoms with Crippen molar-refractivity contribution in [2.75, 3.05) is 19.6 Å². The molecule has 2 rings (SSSR count). The highest BCUT2D eigenvalue weighted by molar-refractivity contribution is 9.10. The van der Waals surface area contributed by atoms with Crippen molar-refractivity contribution in [2.45, 2.75) is 32.2 Å². The fraction of sp³-hybridized carbons (Fsp3) is 0.600. The molecule has 2 nitrogen and oxygen atoms in total. The number of hydrogen-bond acceptors (Lipinski definition) is 2. The summed E-state index contributed by atoms with van der Waals surface area (Å²) in [5, 5.41) is 0. The fourth-order valence-electron chi connectivity index (χ4n) is 3.11. The van der Waals surface area contributed by atoms with E-state index in [-0.39, 0.29) is 5.82 Å². The molecule has 1 aromatic rings. The molecule has 1 saturated heterocycles. The predicted molar refractivity (Wildman–Crippen MR) is 80.5 cm³/mol. The molecule has 0 saturated carbocycles. The molecule has 1 fully saturated rings. The lowest BCUT2D eigenvalue weighted by Gasteiger charge is -2.35. The highest BCUT2D eigenvalue weighted by Gasteiger charge is 2.30. The minimum Gasteiger partial charge on any atom is -0.330 e. The van der Waals surface area contributed by atoms with Crippen LogP contribution < -0.4 is 5.73 Å². The summed E-state index contributed by atoms with van der Waals surface area (Å²) in [5.41, 5.74) is 7.15. The second-order valence-electron chi connectivity index (χ2n) is 5.23. The van der Waals surface area contributed by atoms with E-state index in [0.29, 0.717) is 18.5 Å². The van der Waals surface area contributed by atoms with Crippen molar-refractivity contribution in [3.05, 3.63) is 34.1 Å². The number of rotatable bonds is 3. The van der Waals surface area contributed by atoms with E-state index < -0.39 is 0 Å². The van der Waals surface area contributed by atoms with Crippen LogP contribution in [-0.2, 0) is 0 Å². The summed E-state index contributed by atoms with van der Waals surface area (Å²) in [6.45, 7) is 4.97. The molecule has 106 valence electrons. The Bertz CT molecular complexity index is 411. The van der Waals surface area contributed by atoms with Gasteiger partial charge in [-0.3, -0.25) is 4.90 Å². The Kier molecular flexibility index (Phi) is 5.37. The summed E-state index contributed by atoms with van der Waals surface area (Å²) in [5.74, 6) is 0.251. The van der Waals surface area contributed by atoms with Crippen molar-refractivity contribution in [3.8, 4) is 0 Å². The van der Waals surface area contributed by atoms with Crippen LogP contribution in [0.5, 0.6) is 0 Å². The Morgan fingerprint density at radius 2 is 2.21 bits per heavy atom. The van der Waals surface area contributed by atoms with Gasteiger partial charge in [0.15, 0.2) is 0 Å². The summed E-state index contributed by atoms with van der Waals surface area (Å²) in [4.78, 5) is 2.47. The predicted octanol–water partition coefficient (Wildman–Crippen LogP) is 3.71. The van der Waals surface area contributed by atoms with Crippen molar-refractivity contribution in [1.82, 2.24) is 4.90 Å². The maximum absolute atomic E-state index is 13.3. The first-order valence-electron chi connectivity index (χ1n) is 7.06. The SMILES string of the molecule is CCN1CCCCC(CN)C1c1ccc(F)cc1Br. The van der Waals surface area contributed by atoms with E-state index in [0.717, 1.165) is 24.0 Å². The number of nitrogens with two attached hydrogens (primary N) is 1. The molecule has 2 atom stereocenters. The molecule has 0 bridgehead atoms.